The van der Waals surface area contributed by atoms with Crippen molar-refractivity contribution >= 4 is 39.7 Å². The average Bonchev–Trinajstić information content (AvgIpc) is 3.25. The Kier molecular flexibility index (Phi) is 5.50. The molecule has 0 spiro atoms. The molecule has 2 aromatic carbocycles. The first kappa shape index (κ1) is 20.0. The molecule has 1 aliphatic carbocycles. The van der Waals surface area contributed by atoms with Crippen molar-refractivity contribution in [3.05, 3.63) is 77.4 Å². The SMILES string of the molecule is COc1ccc(C(=C2C=CC(=[N+](C)C)C=C2)c2ccc(N(C)C)cc2)c2nsnc12. The summed E-state index contributed by atoms with van der Waals surface area (Å²) in [6.07, 6.45) is 8.62. The molecule has 0 N–H and O–H groups in total. The number of hydrogen-bond acceptors (Lipinski definition) is 5. The highest BCUT2D eigenvalue weighted by atomic mass is 32.1. The van der Waals surface area contributed by atoms with Crippen molar-refractivity contribution in [3.8, 4) is 5.75 Å². The van der Waals surface area contributed by atoms with Gasteiger partial charge in [0.1, 0.15) is 30.9 Å². The summed E-state index contributed by atoms with van der Waals surface area (Å²) in [6, 6.07) is 12.7. The fourth-order valence-electron chi connectivity index (χ4n) is 3.54. The molecule has 6 heteroatoms. The maximum absolute atomic E-state index is 5.50. The van der Waals surface area contributed by atoms with E-state index in [9.17, 15) is 0 Å². The van der Waals surface area contributed by atoms with Crippen LogP contribution in [0, 0.1) is 0 Å². The number of benzene rings is 2. The largest absolute Gasteiger partial charge is 0.494 e. The van der Waals surface area contributed by atoms with E-state index in [0.29, 0.717) is 0 Å². The number of nitrogens with zero attached hydrogens (tertiary/aromatic N) is 4. The molecule has 152 valence electrons. The zero-order valence-electron chi connectivity index (χ0n) is 17.9. The summed E-state index contributed by atoms with van der Waals surface area (Å²) in [6.45, 7) is 0. The van der Waals surface area contributed by atoms with Crippen molar-refractivity contribution in [2.45, 2.75) is 0 Å². The Morgan fingerprint density at radius 3 is 2.17 bits per heavy atom. The van der Waals surface area contributed by atoms with Crippen LogP contribution < -0.4 is 9.64 Å². The Balaban J connectivity index is 1.95. The van der Waals surface area contributed by atoms with Gasteiger partial charge in [0.05, 0.1) is 18.8 Å². The van der Waals surface area contributed by atoms with Crippen molar-refractivity contribution in [2.24, 2.45) is 0 Å². The highest BCUT2D eigenvalue weighted by molar-refractivity contribution is 7.00. The molecule has 1 heterocycles. The number of fused-ring (bicyclic) bond motifs is 1. The maximum atomic E-state index is 5.50. The third-order valence-electron chi connectivity index (χ3n) is 5.21. The average molecular weight is 418 g/mol. The number of rotatable bonds is 4. The molecule has 3 aromatic rings. The topological polar surface area (TPSA) is 41.3 Å². The van der Waals surface area contributed by atoms with Gasteiger partial charge in [0.25, 0.3) is 0 Å². The predicted octanol–water partition coefficient (Wildman–Crippen LogP) is 4.41. The smallest absolute Gasteiger partial charge is 0.199 e. The van der Waals surface area contributed by atoms with Crippen LogP contribution in [0.4, 0.5) is 5.69 Å². The van der Waals surface area contributed by atoms with Crippen LogP contribution in [0.5, 0.6) is 5.75 Å². The second-order valence-electron chi connectivity index (χ2n) is 7.53. The molecule has 0 radical (unpaired) electrons. The van der Waals surface area contributed by atoms with Crippen molar-refractivity contribution in [2.75, 3.05) is 40.2 Å². The van der Waals surface area contributed by atoms with E-state index < -0.39 is 0 Å². The summed E-state index contributed by atoms with van der Waals surface area (Å²) in [5.74, 6) is 0.743. The molecular weight excluding hydrogens is 392 g/mol. The van der Waals surface area contributed by atoms with Gasteiger partial charge in [-0.25, -0.2) is 4.58 Å². The predicted molar refractivity (Wildman–Crippen MR) is 126 cm³/mol. The molecule has 30 heavy (non-hydrogen) atoms. The Morgan fingerprint density at radius 1 is 0.900 bits per heavy atom. The van der Waals surface area contributed by atoms with E-state index in [4.69, 9.17) is 4.74 Å². The monoisotopic (exact) mass is 417 g/mol. The highest BCUT2D eigenvalue weighted by Gasteiger charge is 2.19. The van der Waals surface area contributed by atoms with E-state index in [1.54, 1.807) is 7.11 Å². The maximum Gasteiger partial charge on any atom is 0.199 e. The fourth-order valence-corrected chi connectivity index (χ4v) is 4.11. The highest BCUT2D eigenvalue weighted by Crippen LogP contribution is 2.37. The van der Waals surface area contributed by atoms with Gasteiger partial charge in [-0.2, -0.15) is 8.75 Å². The standard InChI is InChI=1S/C24H25N4OS/c1-27(2)18-10-6-16(7-11-18)22(17-8-12-19(13-9-17)28(3)4)20-14-15-21(29-5)24-23(20)25-30-26-24/h6-15H,1-5H3/q+1. The first-order valence-corrected chi connectivity index (χ1v) is 10.4. The summed E-state index contributed by atoms with van der Waals surface area (Å²) in [5, 5.41) is 0. The van der Waals surface area contributed by atoms with Gasteiger partial charge in [0.2, 0.25) is 0 Å². The van der Waals surface area contributed by atoms with Crippen LogP contribution in [0.2, 0.25) is 0 Å². The third-order valence-corrected chi connectivity index (χ3v) is 5.74. The minimum Gasteiger partial charge on any atom is -0.494 e. The van der Waals surface area contributed by atoms with E-state index in [0.717, 1.165) is 50.5 Å². The molecule has 0 atom stereocenters. The van der Waals surface area contributed by atoms with Crippen molar-refractivity contribution in [3.63, 3.8) is 0 Å². The number of ether oxygens (including phenoxy) is 1. The van der Waals surface area contributed by atoms with Crippen LogP contribution in [0.1, 0.15) is 11.1 Å². The summed E-state index contributed by atoms with van der Waals surface area (Å²) in [5.41, 5.74) is 8.44. The van der Waals surface area contributed by atoms with Crippen molar-refractivity contribution in [1.29, 1.82) is 0 Å². The Labute approximate surface area is 181 Å². The zero-order chi connectivity index (χ0) is 21.3. The molecule has 4 rings (SSSR count). The van der Waals surface area contributed by atoms with Crippen LogP contribution in [0.25, 0.3) is 16.6 Å². The van der Waals surface area contributed by atoms with Gasteiger partial charge in [-0.15, -0.1) is 0 Å². The molecule has 0 saturated carbocycles. The number of allylic oxidation sites excluding steroid dienone is 5. The minimum absolute atomic E-state index is 0.743. The lowest BCUT2D eigenvalue weighted by atomic mass is 9.90. The molecule has 5 nitrogen and oxygen atoms in total. The molecule has 0 aliphatic heterocycles. The van der Waals surface area contributed by atoms with Crippen LogP contribution in [0.3, 0.4) is 0 Å². The number of hydrogen-bond donors (Lipinski definition) is 0. The lowest BCUT2D eigenvalue weighted by molar-refractivity contribution is -0.462. The lowest BCUT2D eigenvalue weighted by Gasteiger charge is -2.17. The van der Waals surface area contributed by atoms with Crippen LogP contribution in [-0.4, -0.2) is 54.3 Å². The number of methoxy groups -OCH3 is 1. The number of aromatic nitrogens is 2. The van der Waals surface area contributed by atoms with Gasteiger partial charge >= 0.3 is 0 Å². The number of anilines is 1. The molecule has 0 bridgehead atoms. The van der Waals surface area contributed by atoms with Gasteiger partial charge < -0.3 is 9.64 Å². The summed E-state index contributed by atoms with van der Waals surface area (Å²) in [4.78, 5) is 2.10. The molecule has 1 aliphatic rings. The first-order chi connectivity index (χ1) is 14.5. The van der Waals surface area contributed by atoms with E-state index in [-0.39, 0.29) is 0 Å². The van der Waals surface area contributed by atoms with Gasteiger partial charge in [-0.05, 0) is 53.1 Å². The molecule has 1 aromatic heterocycles. The first-order valence-electron chi connectivity index (χ1n) is 9.71. The lowest BCUT2D eigenvalue weighted by Crippen LogP contribution is -2.10. The van der Waals surface area contributed by atoms with Crippen LogP contribution in [-0.2, 0) is 0 Å². The van der Waals surface area contributed by atoms with Gasteiger partial charge in [-0.1, -0.05) is 12.1 Å². The van der Waals surface area contributed by atoms with Crippen molar-refractivity contribution < 1.29 is 9.31 Å². The minimum atomic E-state index is 0.743. The van der Waals surface area contributed by atoms with Gasteiger partial charge in [-0.3, -0.25) is 0 Å². The van der Waals surface area contributed by atoms with E-state index in [2.05, 4.69) is 72.9 Å². The van der Waals surface area contributed by atoms with E-state index >= 15 is 0 Å². The second kappa shape index (κ2) is 8.24. The summed E-state index contributed by atoms with van der Waals surface area (Å²) >= 11 is 1.21. The summed E-state index contributed by atoms with van der Waals surface area (Å²) in [7, 11) is 9.86. The van der Waals surface area contributed by atoms with E-state index in [1.807, 2.05) is 34.3 Å². The van der Waals surface area contributed by atoms with Gasteiger partial charge in [0.15, 0.2) is 5.71 Å². The van der Waals surface area contributed by atoms with Crippen LogP contribution >= 0.6 is 11.7 Å². The van der Waals surface area contributed by atoms with Crippen molar-refractivity contribution in [1.82, 2.24) is 8.75 Å². The molecule has 0 saturated heterocycles. The third kappa shape index (κ3) is 3.66. The Bertz CT molecular complexity index is 1190. The molecular formula is C24H25N4OS+. The van der Waals surface area contributed by atoms with E-state index in [1.165, 1.54) is 11.7 Å². The summed E-state index contributed by atoms with van der Waals surface area (Å²) < 4.78 is 16.7. The Morgan fingerprint density at radius 2 is 1.57 bits per heavy atom. The van der Waals surface area contributed by atoms with Crippen LogP contribution in [0.15, 0.2) is 66.3 Å². The quantitative estimate of drug-likeness (QED) is 0.590. The second-order valence-corrected chi connectivity index (χ2v) is 8.06. The molecule has 0 amide bonds. The normalized spacial score (nSPS) is 13.1. The molecule has 0 unspecified atom stereocenters. The molecule has 0 fully saturated rings. The van der Waals surface area contributed by atoms with Gasteiger partial charge in [0, 0.05) is 37.5 Å². The zero-order valence-corrected chi connectivity index (χ0v) is 18.7. The fraction of sp³-hybridized carbons (Fsp3) is 0.208. The Hall–Kier alpha value is -3.25.